The SMILES string of the molecule is O=C(NC[C@H](c1ccccc1Cl)N1CCCCCC1)c1ccccc1F. The van der Waals surface area contributed by atoms with Crippen LogP contribution in [0, 0.1) is 5.82 Å². The van der Waals surface area contributed by atoms with E-state index in [0.717, 1.165) is 31.5 Å². The van der Waals surface area contributed by atoms with Gasteiger partial charge in [0.15, 0.2) is 0 Å². The molecule has 0 aromatic heterocycles. The molecule has 2 aromatic carbocycles. The van der Waals surface area contributed by atoms with Gasteiger partial charge in [-0.15, -0.1) is 0 Å². The van der Waals surface area contributed by atoms with Crippen LogP contribution in [0.4, 0.5) is 4.39 Å². The highest BCUT2D eigenvalue weighted by atomic mass is 35.5. The number of hydrogen-bond acceptors (Lipinski definition) is 2. The molecule has 1 atom stereocenters. The van der Waals surface area contributed by atoms with Crippen LogP contribution in [0.3, 0.4) is 0 Å². The Bertz CT molecular complexity index is 744. The molecule has 0 unspecified atom stereocenters. The predicted octanol–water partition coefficient (Wildman–Crippen LogP) is 4.83. The Morgan fingerprint density at radius 2 is 1.69 bits per heavy atom. The molecule has 0 bridgehead atoms. The van der Waals surface area contributed by atoms with Crippen molar-refractivity contribution in [2.45, 2.75) is 31.7 Å². The van der Waals surface area contributed by atoms with Gasteiger partial charge in [0, 0.05) is 11.6 Å². The monoisotopic (exact) mass is 374 g/mol. The van der Waals surface area contributed by atoms with Crippen molar-refractivity contribution in [1.29, 1.82) is 0 Å². The second-order valence-electron chi connectivity index (χ2n) is 6.68. The van der Waals surface area contributed by atoms with E-state index in [-0.39, 0.29) is 11.6 Å². The van der Waals surface area contributed by atoms with Gasteiger partial charge in [-0.25, -0.2) is 4.39 Å². The Labute approximate surface area is 159 Å². The highest BCUT2D eigenvalue weighted by molar-refractivity contribution is 6.31. The summed E-state index contributed by atoms with van der Waals surface area (Å²) < 4.78 is 13.9. The summed E-state index contributed by atoms with van der Waals surface area (Å²) in [5.41, 5.74) is 1.08. The molecule has 3 rings (SSSR count). The number of nitrogens with zero attached hydrogens (tertiary/aromatic N) is 1. The third-order valence-corrected chi connectivity index (χ3v) is 5.26. The molecule has 1 N–H and O–H groups in total. The molecule has 1 heterocycles. The molecule has 1 saturated heterocycles. The first-order valence-corrected chi connectivity index (χ1v) is 9.56. The highest BCUT2D eigenvalue weighted by Gasteiger charge is 2.24. The number of hydrogen-bond donors (Lipinski definition) is 1. The average molecular weight is 375 g/mol. The summed E-state index contributed by atoms with van der Waals surface area (Å²) >= 11 is 6.44. The zero-order valence-corrected chi connectivity index (χ0v) is 15.5. The van der Waals surface area contributed by atoms with Crippen LogP contribution >= 0.6 is 11.6 Å². The summed E-state index contributed by atoms with van der Waals surface area (Å²) in [6.45, 7) is 2.35. The average Bonchev–Trinajstić information content (AvgIpc) is 2.93. The zero-order chi connectivity index (χ0) is 18.4. The summed E-state index contributed by atoms with van der Waals surface area (Å²) in [5, 5.41) is 3.60. The van der Waals surface area contributed by atoms with Gasteiger partial charge in [-0.1, -0.05) is 54.8 Å². The maximum Gasteiger partial charge on any atom is 0.254 e. The lowest BCUT2D eigenvalue weighted by Gasteiger charge is -2.31. The molecule has 1 aliphatic rings. The third-order valence-electron chi connectivity index (χ3n) is 4.92. The standard InChI is InChI=1S/C21H24ClFN2O/c22-18-11-5-3-9-16(18)20(25-13-7-1-2-8-14-25)15-24-21(26)17-10-4-6-12-19(17)23/h3-6,9-12,20H,1-2,7-8,13-15H2,(H,24,26)/t20-/m1/s1. The molecule has 0 radical (unpaired) electrons. The number of benzene rings is 2. The van der Waals surface area contributed by atoms with E-state index < -0.39 is 11.7 Å². The highest BCUT2D eigenvalue weighted by Crippen LogP contribution is 2.29. The Balaban J connectivity index is 1.78. The number of halogens is 2. The molecular weight excluding hydrogens is 351 g/mol. The minimum absolute atomic E-state index is 0.0162. The van der Waals surface area contributed by atoms with E-state index in [9.17, 15) is 9.18 Å². The Morgan fingerprint density at radius 1 is 1.04 bits per heavy atom. The van der Waals surface area contributed by atoms with Crippen LogP contribution in [0.1, 0.15) is 47.6 Å². The molecule has 1 amide bonds. The van der Waals surface area contributed by atoms with Crippen molar-refractivity contribution < 1.29 is 9.18 Å². The molecule has 3 nitrogen and oxygen atoms in total. The fourth-order valence-corrected chi connectivity index (χ4v) is 3.78. The van der Waals surface area contributed by atoms with Gasteiger partial charge in [0.1, 0.15) is 5.82 Å². The number of amides is 1. The van der Waals surface area contributed by atoms with Crippen molar-refractivity contribution >= 4 is 17.5 Å². The van der Waals surface area contributed by atoms with Crippen LogP contribution < -0.4 is 5.32 Å². The van der Waals surface area contributed by atoms with Crippen LogP contribution in [0.25, 0.3) is 0 Å². The second-order valence-corrected chi connectivity index (χ2v) is 7.08. The van der Waals surface area contributed by atoms with Gasteiger partial charge in [0.25, 0.3) is 5.91 Å². The topological polar surface area (TPSA) is 32.3 Å². The molecule has 5 heteroatoms. The van der Waals surface area contributed by atoms with Crippen molar-refractivity contribution in [2.75, 3.05) is 19.6 Å². The van der Waals surface area contributed by atoms with E-state index >= 15 is 0 Å². The fourth-order valence-electron chi connectivity index (χ4n) is 3.52. The van der Waals surface area contributed by atoms with Gasteiger partial charge in [0.2, 0.25) is 0 Å². The van der Waals surface area contributed by atoms with Crippen LogP contribution in [0.15, 0.2) is 48.5 Å². The summed E-state index contributed by atoms with van der Waals surface area (Å²) in [7, 11) is 0. The van der Waals surface area contributed by atoms with Crippen molar-refractivity contribution in [3.63, 3.8) is 0 Å². The van der Waals surface area contributed by atoms with Crippen LogP contribution in [0.5, 0.6) is 0 Å². The first kappa shape index (κ1) is 18.9. The molecule has 0 aliphatic carbocycles. The fraction of sp³-hybridized carbons (Fsp3) is 0.381. The Morgan fingerprint density at radius 3 is 2.38 bits per heavy atom. The summed E-state index contributed by atoms with van der Waals surface area (Å²) in [5.74, 6) is -0.899. The van der Waals surface area contributed by atoms with Crippen LogP contribution in [0.2, 0.25) is 5.02 Å². The van der Waals surface area contributed by atoms with Crippen molar-refractivity contribution in [1.82, 2.24) is 10.2 Å². The van der Waals surface area contributed by atoms with Crippen LogP contribution in [-0.4, -0.2) is 30.4 Å². The van der Waals surface area contributed by atoms with Gasteiger partial charge < -0.3 is 5.32 Å². The van der Waals surface area contributed by atoms with E-state index in [2.05, 4.69) is 10.2 Å². The molecule has 0 saturated carbocycles. The molecule has 1 fully saturated rings. The lowest BCUT2D eigenvalue weighted by molar-refractivity contribution is 0.0929. The number of carbonyl (C=O) groups excluding carboxylic acids is 1. The summed E-state index contributed by atoms with van der Waals surface area (Å²) in [4.78, 5) is 14.8. The van der Waals surface area contributed by atoms with E-state index in [1.54, 1.807) is 12.1 Å². The maximum absolute atomic E-state index is 13.9. The van der Waals surface area contributed by atoms with Gasteiger partial charge in [0.05, 0.1) is 11.6 Å². The largest absolute Gasteiger partial charge is 0.350 e. The van der Waals surface area contributed by atoms with E-state index in [1.807, 2.05) is 24.3 Å². The summed E-state index contributed by atoms with van der Waals surface area (Å²) in [6, 6.07) is 13.8. The number of nitrogens with one attached hydrogen (secondary N) is 1. The zero-order valence-electron chi connectivity index (χ0n) is 14.8. The van der Waals surface area contributed by atoms with E-state index in [0.29, 0.717) is 11.6 Å². The van der Waals surface area contributed by atoms with Crippen molar-refractivity contribution in [3.8, 4) is 0 Å². The van der Waals surface area contributed by atoms with Crippen molar-refractivity contribution in [2.24, 2.45) is 0 Å². The number of carbonyl (C=O) groups is 1. The third kappa shape index (κ3) is 4.63. The normalized spacial score (nSPS) is 16.7. The number of likely N-dealkylation sites (tertiary alicyclic amines) is 1. The molecule has 0 spiro atoms. The predicted molar refractivity (Wildman–Crippen MR) is 103 cm³/mol. The molecule has 26 heavy (non-hydrogen) atoms. The lowest BCUT2D eigenvalue weighted by atomic mass is 10.0. The van der Waals surface area contributed by atoms with Gasteiger partial charge >= 0.3 is 0 Å². The molecule has 2 aromatic rings. The lowest BCUT2D eigenvalue weighted by Crippen LogP contribution is -2.39. The second kappa shape index (κ2) is 9.15. The van der Waals surface area contributed by atoms with Gasteiger partial charge in [-0.05, 0) is 49.7 Å². The maximum atomic E-state index is 13.9. The van der Waals surface area contributed by atoms with E-state index in [4.69, 9.17) is 11.6 Å². The smallest absolute Gasteiger partial charge is 0.254 e. The Kier molecular flexibility index (Phi) is 6.64. The van der Waals surface area contributed by atoms with E-state index in [1.165, 1.54) is 25.0 Å². The molecule has 138 valence electrons. The van der Waals surface area contributed by atoms with Gasteiger partial charge in [-0.3, -0.25) is 9.69 Å². The van der Waals surface area contributed by atoms with Gasteiger partial charge in [-0.2, -0.15) is 0 Å². The summed E-state index contributed by atoms with van der Waals surface area (Å²) in [6.07, 6.45) is 4.74. The minimum Gasteiger partial charge on any atom is -0.350 e. The minimum atomic E-state index is -0.505. The number of rotatable bonds is 5. The van der Waals surface area contributed by atoms with Crippen LogP contribution in [-0.2, 0) is 0 Å². The van der Waals surface area contributed by atoms with Crippen molar-refractivity contribution in [3.05, 3.63) is 70.5 Å². The first-order chi connectivity index (χ1) is 12.7. The quantitative estimate of drug-likeness (QED) is 0.813. The molecular formula is C21H24ClFN2O. The molecule has 1 aliphatic heterocycles. The Hall–Kier alpha value is -1.91. The first-order valence-electron chi connectivity index (χ1n) is 9.18.